The first kappa shape index (κ1) is 13.8. The average Bonchev–Trinajstić information content (AvgIpc) is 2.46. The molecular formula is C18H15F2N. The van der Waals surface area contributed by atoms with Crippen molar-refractivity contribution in [3.63, 3.8) is 0 Å². The van der Waals surface area contributed by atoms with Crippen LogP contribution in [-0.4, -0.2) is 0 Å². The zero-order valence-electron chi connectivity index (χ0n) is 11.8. The lowest BCUT2D eigenvalue weighted by molar-refractivity contribution is 0.501. The molecule has 2 aromatic rings. The van der Waals surface area contributed by atoms with Crippen molar-refractivity contribution in [2.75, 3.05) is 0 Å². The Morgan fingerprint density at radius 3 is 2.43 bits per heavy atom. The minimum Gasteiger partial charge on any atom is -0.205 e. The standard InChI is InChI=1S/C18H15F2N/c1-11-2-3-13-7-14(5-4-12(13)6-11)15-8-17(19)16(10-21)18(20)9-15/h4-5,7-9,11H,2-3,6H2,1H3. The Labute approximate surface area is 122 Å². The van der Waals surface area contributed by atoms with Crippen molar-refractivity contribution in [3.8, 4) is 17.2 Å². The molecule has 0 saturated carbocycles. The number of nitrogens with zero attached hydrogens (tertiary/aromatic N) is 1. The van der Waals surface area contributed by atoms with Gasteiger partial charge in [0.25, 0.3) is 0 Å². The van der Waals surface area contributed by atoms with E-state index in [1.54, 1.807) is 6.07 Å². The van der Waals surface area contributed by atoms with E-state index in [9.17, 15) is 8.78 Å². The maximum atomic E-state index is 13.7. The quantitative estimate of drug-likeness (QED) is 0.748. The van der Waals surface area contributed by atoms with Gasteiger partial charge in [0.05, 0.1) is 0 Å². The normalized spacial score (nSPS) is 17.1. The lowest BCUT2D eigenvalue weighted by Crippen LogP contribution is -2.11. The van der Waals surface area contributed by atoms with Crippen LogP contribution in [0.25, 0.3) is 11.1 Å². The predicted octanol–water partition coefficient (Wildman–Crippen LogP) is 4.63. The summed E-state index contributed by atoms with van der Waals surface area (Å²) in [7, 11) is 0. The number of hydrogen-bond donors (Lipinski definition) is 0. The fourth-order valence-corrected chi connectivity index (χ4v) is 2.96. The van der Waals surface area contributed by atoms with E-state index >= 15 is 0 Å². The second-order valence-electron chi connectivity index (χ2n) is 5.76. The monoisotopic (exact) mass is 283 g/mol. The molecule has 1 aliphatic rings. The van der Waals surface area contributed by atoms with Gasteiger partial charge in [0, 0.05) is 0 Å². The van der Waals surface area contributed by atoms with Gasteiger partial charge in [-0.05, 0) is 59.6 Å². The molecule has 0 heterocycles. The summed E-state index contributed by atoms with van der Waals surface area (Å²) in [6.07, 6.45) is 3.21. The van der Waals surface area contributed by atoms with Crippen LogP contribution >= 0.6 is 0 Å². The lowest BCUT2D eigenvalue weighted by Gasteiger charge is -2.22. The van der Waals surface area contributed by atoms with Gasteiger partial charge in [-0.2, -0.15) is 5.26 Å². The summed E-state index contributed by atoms with van der Waals surface area (Å²) >= 11 is 0. The Morgan fingerprint density at radius 2 is 1.76 bits per heavy atom. The molecule has 0 saturated heterocycles. The summed E-state index contributed by atoms with van der Waals surface area (Å²) in [5.41, 5.74) is 3.34. The van der Waals surface area contributed by atoms with Crippen molar-refractivity contribution in [3.05, 3.63) is 58.7 Å². The van der Waals surface area contributed by atoms with Gasteiger partial charge in [0.1, 0.15) is 23.3 Å². The number of halogens is 2. The first-order valence-electron chi connectivity index (χ1n) is 7.10. The third kappa shape index (κ3) is 2.54. The summed E-state index contributed by atoms with van der Waals surface area (Å²) in [5.74, 6) is -0.925. The van der Waals surface area contributed by atoms with Gasteiger partial charge in [-0.25, -0.2) is 8.78 Å². The van der Waals surface area contributed by atoms with Crippen LogP contribution in [0, 0.1) is 28.9 Å². The smallest absolute Gasteiger partial charge is 0.144 e. The summed E-state index contributed by atoms with van der Waals surface area (Å²) in [6.45, 7) is 2.24. The fourth-order valence-electron chi connectivity index (χ4n) is 2.96. The Bertz CT molecular complexity index is 720. The molecule has 1 unspecified atom stereocenters. The average molecular weight is 283 g/mol. The van der Waals surface area contributed by atoms with Crippen molar-refractivity contribution in [2.24, 2.45) is 5.92 Å². The van der Waals surface area contributed by atoms with Crippen LogP contribution in [0.2, 0.25) is 0 Å². The Balaban J connectivity index is 2.04. The van der Waals surface area contributed by atoms with Gasteiger partial charge in [0.2, 0.25) is 0 Å². The molecule has 2 aromatic carbocycles. The number of benzene rings is 2. The van der Waals surface area contributed by atoms with Crippen LogP contribution in [0.15, 0.2) is 30.3 Å². The maximum Gasteiger partial charge on any atom is 0.144 e. The molecule has 0 fully saturated rings. The number of aryl methyl sites for hydroxylation is 1. The molecule has 106 valence electrons. The van der Waals surface area contributed by atoms with Crippen LogP contribution in [0.5, 0.6) is 0 Å². The van der Waals surface area contributed by atoms with Crippen molar-refractivity contribution >= 4 is 0 Å². The van der Waals surface area contributed by atoms with E-state index in [2.05, 4.69) is 6.92 Å². The third-order valence-electron chi connectivity index (χ3n) is 4.17. The number of rotatable bonds is 1. The summed E-state index contributed by atoms with van der Waals surface area (Å²) in [4.78, 5) is 0. The molecule has 1 aliphatic carbocycles. The van der Waals surface area contributed by atoms with Crippen LogP contribution in [0.3, 0.4) is 0 Å². The predicted molar refractivity (Wildman–Crippen MR) is 77.7 cm³/mol. The van der Waals surface area contributed by atoms with Gasteiger partial charge in [-0.1, -0.05) is 25.1 Å². The molecule has 0 radical (unpaired) electrons. The Kier molecular flexibility index (Phi) is 3.47. The van der Waals surface area contributed by atoms with E-state index in [-0.39, 0.29) is 0 Å². The molecule has 1 atom stereocenters. The molecule has 21 heavy (non-hydrogen) atoms. The van der Waals surface area contributed by atoms with Crippen LogP contribution in [0.1, 0.15) is 30.0 Å². The second kappa shape index (κ2) is 5.29. The molecule has 3 rings (SSSR count). The Hall–Kier alpha value is -2.21. The zero-order chi connectivity index (χ0) is 15.0. The fraction of sp³-hybridized carbons (Fsp3) is 0.278. The summed E-state index contributed by atoms with van der Waals surface area (Å²) in [6, 6.07) is 9.97. The molecule has 0 aromatic heterocycles. The first-order chi connectivity index (χ1) is 10.1. The van der Waals surface area contributed by atoms with E-state index in [4.69, 9.17) is 5.26 Å². The highest BCUT2D eigenvalue weighted by molar-refractivity contribution is 5.66. The van der Waals surface area contributed by atoms with Crippen molar-refractivity contribution in [2.45, 2.75) is 26.2 Å². The zero-order valence-corrected chi connectivity index (χ0v) is 11.8. The van der Waals surface area contributed by atoms with Gasteiger partial charge in [-0.15, -0.1) is 0 Å². The largest absolute Gasteiger partial charge is 0.205 e. The summed E-state index contributed by atoms with van der Waals surface area (Å²) < 4.78 is 27.4. The number of fused-ring (bicyclic) bond motifs is 1. The molecule has 0 bridgehead atoms. The molecule has 3 heteroatoms. The SMILES string of the molecule is CC1CCc2cc(-c3cc(F)c(C#N)c(F)c3)ccc2C1. The van der Waals surface area contributed by atoms with Gasteiger partial charge < -0.3 is 0 Å². The van der Waals surface area contributed by atoms with E-state index in [1.165, 1.54) is 23.3 Å². The molecule has 0 spiro atoms. The van der Waals surface area contributed by atoms with Gasteiger partial charge in [-0.3, -0.25) is 0 Å². The summed E-state index contributed by atoms with van der Waals surface area (Å²) in [5, 5.41) is 8.71. The number of hydrogen-bond acceptors (Lipinski definition) is 1. The van der Waals surface area contributed by atoms with E-state index in [1.807, 2.05) is 18.2 Å². The highest BCUT2D eigenvalue weighted by Gasteiger charge is 2.17. The van der Waals surface area contributed by atoms with Crippen LogP contribution < -0.4 is 0 Å². The minimum absolute atomic E-state index is 0.477. The molecular weight excluding hydrogens is 268 g/mol. The molecule has 0 aliphatic heterocycles. The lowest BCUT2D eigenvalue weighted by atomic mass is 9.83. The molecule has 0 N–H and O–H groups in total. The molecule has 1 nitrogen and oxygen atoms in total. The Morgan fingerprint density at radius 1 is 1.05 bits per heavy atom. The van der Waals surface area contributed by atoms with Gasteiger partial charge in [0.15, 0.2) is 0 Å². The third-order valence-corrected chi connectivity index (χ3v) is 4.17. The van der Waals surface area contributed by atoms with Crippen molar-refractivity contribution in [1.82, 2.24) is 0 Å². The van der Waals surface area contributed by atoms with Crippen molar-refractivity contribution in [1.29, 1.82) is 5.26 Å². The first-order valence-corrected chi connectivity index (χ1v) is 7.10. The second-order valence-corrected chi connectivity index (χ2v) is 5.76. The maximum absolute atomic E-state index is 13.7. The molecule has 0 amide bonds. The van der Waals surface area contributed by atoms with Crippen LogP contribution in [0.4, 0.5) is 8.78 Å². The minimum atomic E-state index is -0.807. The van der Waals surface area contributed by atoms with E-state index in [0.29, 0.717) is 11.5 Å². The van der Waals surface area contributed by atoms with Crippen LogP contribution in [-0.2, 0) is 12.8 Å². The highest BCUT2D eigenvalue weighted by Crippen LogP contribution is 2.31. The van der Waals surface area contributed by atoms with E-state index < -0.39 is 17.2 Å². The number of nitriles is 1. The highest BCUT2D eigenvalue weighted by atomic mass is 19.1. The van der Waals surface area contributed by atoms with Gasteiger partial charge >= 0.3 is 0 Å². The van der Waals surface area contributed by atoms with Crippen molar-refractivity contribution < 1.29 is 8.78 Å². The topological polar surface area (TPSA) is 23.8 Å². The van der Waals surface area contributed by atoms with E-state index in [0.717, 1.165) is 24.8 Å².